The van der Waals surface area contributed by atoms with Gasteiger partial charge in [0.1, 0.15) is 6.04 Å². The molecule has 1 atom stereocenters. The van der Waals surface area contributed by atoms with E-state index >= 15 is 0 Å². The molecule has 196 valence electrons. The standard InChI is InChI=1S/C27H31N3O6S/c1-18(31)21-8-9-22(37-21)25(34)29-13-10-27(11-14-29)12-15-30(17-27)23(32)16-20(26(35)36-2)28-24(33)19-6-4-3-5-7-19/h3-9,20H,10-17H2,1-2H3,(H,28,33)/t20-/m0/s1. The Morgan fingerprint density at radius 1 is 0.946 bits per heavy atom. The lowest BCUT2D eigenvalue weighted by Gasteiger charge is -2.39. The zero-order valence-electron chi connectivity index (χ0n) is 21.0. The molecule has 0 aliphatic carbocycles. The predicted molar refractivity (Wildman–Crippen MR) is 137 cm³/mol. The number of hydrogen-bond acceptors (Lipinski definition) is 7. The number of likely N-dealkylation sites (tertiary alicyclic amines) is 2. The van der Waals surface area contributed by atoms with E-state index in [1.165, 1.54) is 25.4 Å². The first kappa shape index (κ1) is 26.5. The fraction of sp³-hybridized carbons (Fsp3) is 0.444. The molecule has 2 saturated heterocycles. The highest BCUT2D eigenvalue weighted by atomic mass is 32.1. The van der Waals surface area contributed by atoms with E-state index in [1.54, 1.807) is 47.4 Å². The zero-order chi connectivity index (χ0) is 26.6. The number of benzene rings is 1. The molecule has 0 bridgehead atoms. The molecule has 4 rings (SSSR count). The third kappa shape index (κ3) is 6.07. The molecule has 3 heterocycles. The molecule has 1 aromatic heterocycles. The summed E-state index contributed by atoms with van der Waals surface area (Å²) in [6.07, 6.45) is 2.20. The third-order valence-electron chi connectivity index (χ3n) is 7.27. The number of Topliss-reactive ketones (excluding diaryl/α,β-unsaturated/α-hetero) is 1. The molecule has 3 amide bonds. The highest BCUT2D eigenvalue weighted by Gasteiger charge is 2.43. The lowest BCUT2D eigenvalue weighted by molar-refractivity contribution is -0.146. The Kier molecular flexibility index (Phi) is 8.06. The highest BCUT2D eigenvalue weighted by molar-refractivity contribution is 7.15. The van der Waals surface area contributed by atoms with E-state index in [0.29, 0.717) is 41.5 Å². The largest absolute Gasteiger partial charge is 0.467 e. The molecule has 0 radical (unpaired) electrons. The monoisotopic (exact) mass is 525 g/mol. The number of amides is 3. The Morgan fingerprint density at radius 2 is 1.57 bits per heavy atom. The van der Waals surface area contributed by atoms with Crippen LogP contribution in [0.2, 0.25) is 0 Å². The van der Waals surface area contributed by atoms with E-state index in [0.717, 1.165) is 19.3 Å². The van der Waals surface area contributed by atoms with Crippen molar-refractivity contribution in [2.45, 2.75) is 38.6 Å². The molecule has 0 saturated carbocycles. The van der Waals surface area contributed by atoms with Crippen LogP contribution in [-0.4, -0.2) is 78.6 Å². The number of methoxy groups -OCH3 is 1. The topological polar surface area (TPSA) is 113 Å². The SMILES string of the molecule is COC(=O)[C@H](CC(=O)N1CCC2(CCN(C(=O)c3ccc(C(C)=O)s3)CC2)C1)NC(=O)c1ccccc1. The van der Waals surface area contributed by atoms with Crippen LogP contribution in [-0.2, 0) is 14.3 Å². The molecule has 2 aliphatic heterocycles. The van der Waals surface area contributed by atoms with Crippen LogP contribution in [0.1, 0.15) is 62.3 Å². The first-order valence-electron chi connectivity index (χ1n) is 12.3. The predicted octanol–water partition coefficient (Wildman–Crippen LogP) is 2.77. The first-order valence-corrected chi connectivity index (χ1v) is 13.1. The molecule has 2 aromatic rings. The second-order valence-electron chi connectivity index (χ2n) is 9.70. The van der Waals surface area contributed by atoms with Crippen molar-refractivity contribution >= 4 is 40.8 Å². The maximum absolute atomic E-state index is 13.1. The van der Waals surface area contributed by atoms with Gasteiger partial charge in [-0.05, 0) is 55.9 Å². The van der Waals surface area contributed by atoms with E-state index in [4.69, 9.17) is 4.74 Å². The van der Waals surface area contributed by atoms with Gasteiger partial charge in [-0.25, -0.2) is 4.79 Å². The van der Waals surface area contributed by atoms with Crippen LogP contribution in [0.4, 0.5) is 0 Å². The van der Waals surface area contributed by atoms with E-state index in [1.807, 2.05) is 4.90 Å². The van der Waals surface area contributed by atoms with Crippen LogP contribution < -0.4 is 5.32 Å². The van der Waals surface area contributed by atoms with Crippen molar-refractivity contribution in [1.29, 1.82) is 0 Å². The Balaban J connectivity index is 1.32. The van der Waals surface area contributed by atoms with Gasteiger partial charge in [0, 0.05) is 31.7 Å². The van der Waals surface area contributed by atoms with Crippen molar-refractivity contribution in [2.24, 2.45) is 5.41 Å². The van der Waals surface area contributed by atoms with Gasteiger partial charge in [0.05, 0.1) is 23.3 Å². The molecular formula is C27H31N3O6S. The average molecular weight is 526 g/mol. The molecule has 0 unspecified atom stereocenters. The number of rotatable bonds is 7. The lowest BCUT2D eigenvalue weighted by atomic mass is 9.77. The molecule has 37 heavy (non-hydrogen) atoms. The maximum Gasteiger partial charge on any atom is 0.328 e. The van der Waals surface area contributed by atoms with Crippen molar-refractivity contribution < 1.29 is 28.7 Å². The summed E-state index contributed by atoms with van der Waals surface area (Å²) in [4.78, 5) is 67.1. The minimum atomic E-state index is -1.08. The summed E-state index contributed by atoms with van der Waals surface area (Å²) in [6.45, 7) is 3.79. The second-order valence-corrected chi connectivity index (χ2v) is 10.8. The van der Waals surface area contributed by atoms with Crippen LogP contribution in [0, 0.1) is 5.41 Å². The van der Waals surface area contributed by atoms with E-state index in [9.17, 15) is 24.0 Å². The summed E-state index contributed by atoms with van der Waals surface area (Å²) in [7, 11) is 1.23. The van der Waals surface area contributed by atoms with E-state index in [-0.39, 0.29) is 29.4 Å². The number of nitrogens with zero attached hydrogens (tertiary/aromatic N) is 2. The van der Waals surface area contributed by atoms with E-state index < -0.39 is 17.9 Å². The van der Waals surface area contributed by atoms with Gasteiger partial charge >= 0.3 is 5.97 Å². The van der Waals surface area contributed by atoms with Crippen molar-refractivity contribution in [3.05, 3.63) is 57.8 Å². The van der Waals surface area contributed by atoms with Crippen molar-refractivity contribution in [2.75, 3.05) is 33.3 Å². The fourth-order valence-corrected chi connectivity index (χ4v) is 5.88. The smallest absolute Gasteiger partial charge is 0.328 e. The molecule has 2 fully saturated rings. The van der Waals surface area contributed by atoms with Crippen molar-refractivity contribution in [3.63, 3.8) is 0 Å². The minimum absolute atomic E-state index is 0.0496. The molecule has 1 N–H and O–H groups in total. The number of nitrogens with one attached hydrogen (secondary N) is 1. The van der Waals surface area contributed by atoms with Crippen LogP contribution in [0.25, 0.3) is 0 Å². The fourth-order valence-electron chi connectivity index (χ4n) is 5.01. The highest BCUT2D eigenvalue weighted by Crippen LogP contribution is 2.41. The minimum Gasteiger partial charge on any atom is -0.467 e. The lowest BCUT2D eigenvalue weighted by Crippen LogP contribution is -2.46. The van der Waals surface area contributed by atoms with Crippen LogP contribution >= 0.6 is 11.3 Å². The number of esters is 1. The second kappa shape index (κ2) is 11.2. The Bertz CT molecular complexity index is 1190. The van der Waals surface area contributed by atoms with Crippen molar-refractivity contribution in [3.8, 4) is 0 Å². The number of hydrogen-bond donors (Lipinski definition) is 1. The van der Waals surface area contributed by atoms with Crippen LogP contribution in [0.15, 0.2) is 42.5 Å². The number of ketones is 1. The van der Waals surface area contributed by atoms with Gasteiger partial charge in [-0.2, -0.15) is 0 Å². The van der Waals surface area contributed by atoms with Gasteiger partial charge in [0.2, 0.25) is 5.91 Å². The van der Waals surface area contributed by atoms with Gasteiger partial charge in [0.25, 0.3) is 11.8 Å². The molecule has 1 aromatic carbocycles. The number of ether oxygens (including phenoxy) is 1. The van der Waals surface area contributed by atoms with Gasteiger partial charge in [-0.3, -0.25) is 19.2 Å². The summed E-state index contributed by atoms with van der Waals surface area (Å²) < 4.78 is 4.83. The summed E-state index contributed by atoms with van der Waals surface area (Å²) in [5.41, 5.74) is 0.325. The molecule has 10 heteroatoms. The number of carbonyl (C=O) groups excluding carboxylic acids is 5. The van der Waals surface area contributed by atoms with Gasteiger partial charge in [0.15, 0.2) is 5.78 Å². The Hall–Kier alpha value is -3.53. The first-order chi connectivity index (χ1) is 17.7. The Morgan fingerprint density at radius 3 is 2.16 bits per heavy atom. The van der Waals surface area contributed by atoms with Crippen molar-refractivity contribution in [1.82, 2.24) is 15.1 Å². The van der Waals surface area contributed by atoms with E-state index in [2.05, 4.69) is 5.32 Å². The maximum atomic E-state index is 13.1. The zero-order valence-corrected chi connectivity index (χ0v) is 21.8. The van der Waals surface area contributed by atoms with Gasteiger partial charge < -0.3 is 19.9 Å². The van der Waals surface area contributed by atoms with Crippen LogP contribution in [0.3, 0.4) is 0 Å². The third-order valence-corrected chi connectivity index (χ3v) is 8.45. The van der Waals surface area contributed by atoms with Gasteiger partial charge in [-0.1, -0.05) is 18.2 Å². The molecule has 2 aliphatic rings. The summed E-state index contributed by atoms with van der Waals surface area (Å²) >= 11 is 1.22. The summed E-state index contributed by atoms with van der Waals surface area (Å²) in [5, 5.41) is 2.63. The average Bonchev–Trinajstić information content (AvgIpc) is 3.57. The molecular weight excluding hydrogens is 494 g/mol. The quantitative estimate of drug-likeness (QED) is 0.439. The number of piperidine rings is 1. The number of carbonyl (C=O) groups is 5. The van der Waals surface area contributed by atoms with Gasteiger partial charge in [-0.15, -0.1) is 11.3 Å². The summed E-state index contributed by atoms with van der Waals surface area (Å²) in [5.74, 6) is -1.44. The molecule has 1 spiro atoms. The Labute approximate surface area is 219 Å². The molecule has 9 nitrogen and oxygen atoms in total. The summed E-state index contributed by atoms with van der Waals surface area (Å²) in [6, 6.07) is 10.8. The number of thiophene rings is 1. The normalized spacial score (nSPS) is 17.4. The van der Waals surface area contributed by atoms with Crippen LogP contribution in [0.5, 0.6) is 0 Å².